The molecule has 0 N–H and O–H groups in total. The topological polar surface area (TPSA) is 55.2 Å². The molecule has 1 fully saturated rings. The van der Waals surface area contributed by atoms with Gasteiger partial charge in [-0.1, -0.05) is 6.08 Å². The molecule has 0 bridgehead atoms. The van der Waals surface area contributed by atoms with Gasteiger partial charge in [0.25, 0.3) is 0 Å². The molecule has 0 saturated carbocycles. The van der Waals surface area contributed by atoms with E-state index in [2.05, 4.69) is 11.6 Å². The Morgan fingerprint density at radius 1 is 1.55 bits per heavy atom. The van der Waals surface area contributed by atoms with Crippen LogP contribution in [0.3, 0.4) is 0 Å². The highest BCUT2D eigenvalue weighted by Crippen LogP contribution is 2.22. The maximum Gasteiger partial charge on any atom is 0.214 e. The Bertz CT molecular complexity index is 551. The predicted molar refractivity (Wildman–Crippen MR) is 79.8 cm³/mol. The lowest BCUT2D eigenvalue weighted by Gasteiger charge is -2.31. The number of imidazole rings is 1. The summed E-state index contributed by atoms with van der Waals surface area (Å²) >= 11 is 0. The molecule has 0 aromatic carbocycles. The largest absolute Gasteiger partial charge is 0.338 e. The van der Waals surface area contributed by atoms with Crippen LogP contribution in [0.25, 0.3) is 0 Å². The normalized spacial score (nSPS) is 20.9. The number of hydrogen-bond donors (Lipinski definition) is 0. The van der Waals surface area contributed by atoms with Gasteiger partial charge in [-0.25, -0.2) is 17.7 Å². The zero-order chi connectivity index (χ0) is 14.6. The van der Waals surface area contributed by atoms with E-state index in [9.17, 15) is 8.42 Å². The fourth-order valence-corrected chi connectivity index (χ4v) is 4.23. The second-order valence-electron chi connectivity index (χ2n) is 5.42. The maximum atomic E-state index is 12.2. The lowest BCUT2D eigenvalue weighted by molar-refractivity contribution is 0.262. The van der Waals surface area contributed by atoms with Crippen molar-refractivity contribution in [1.82, 2.24) is 13.9 Å². The molecule has 1 aliphatic rings. The second kappa shape index (κ2) is 6.54. The molecule has 1 aromatic rings. The van der Waals surface area contributed by atoms with Crippen molar-refractivity contribution in [3.63, 3.8) is 0 Å². The molecule has 1 saturated heterocycles. The third kappa shape index (κ3) is 3.70. The average Bonchev–Trinajstić information content (AvgIpc) is 2.82. The molecule has 0 amide bonds. The molecular formula is C14H23N3O2S. The first-order valence-electron chi connectivity index (χ1n) is 7.08. The zero-order valence-corrected chi connectivity index (χ0v) is 12.8. The van der Waals surface area contributed by atoms with Crippen LogP contribution in [0.5, 0.6) is 0 Å². The van der Waals surface area contributed by atoms with Gasteiger partial charge in [0.1, 0.15) is 5.82 Å². The van der Waals surface area contributed by atoms with Gasteiger partial charge in [0.2, 0.25) is 10.0 Å². The standard InChI is InChI=1S/C14H23N3O2S/c1-3-4-10-20(18,19)17-8-5-6-13(12-17)11-14-15-7-9-16(14)2/h3,7,9,13H,1,4-6,8,10-12H2,2H3. The van der Waals surface area contributed by atoms with Gasteiger partial charge in [0.05, 0.1) is 5.75 Å². The van der Waals surface area contributed by atoms with Crippen molar-refractivity contribution in [3.05, 3.63) is 30.9 Å². The molecular weight excluding hydrogens is 274 g/mol. The maximum absolute atomic E-state index is 12.2. The van der Waals surface area contributed by atoms with Crippen LogP contribution in [0.2, 0.25) is 0 Å². The number of hydrogen-bond acceptors (Lipinski definition) is 3. The molecule has 112 valence electrons. The van der Waals surface area contributed by atoms with E-state index in [-0.39, 0.29) is 5.75 Å². The van der Waals surface area contributed by atoms with Crippen LogP contribution in [-0.4, -0.2) is 41.1 Å². The number of aryl methyl sites for hydroxylation is 1. The number of allylic oxidation sites excluding steroid dienone is 1. The lowest BCUT2D eigenvalue weighted by Crippen LogP contribution is -2.41. The smallest absolute Gasteiger partial charge is 0.214 e. The van der Waals surface area contributed by atoms with Crippen LogP contribution in [0.15, 0.2) is 25.0 Å². The number of aromatic nitrogens is 2. The van der Waals surface area contributed by atoms with E-state index >= 15 is 0 Å². The SMILES string of the molecule is C=CCCS(=O)(=O)N1CCCC(Cc2nccn2C)C1. The number of piperidine rings is 1. The lowest BCUT2D eigenvalue weighted by atomic mass is 9.96. The minimum absolute atomic E-state index is 0.172. The summed E-state index contributed by atoms with van der Waals surface area (Å²) in [6.45, 7) is 4.86. The van der Waals surface area contributed by atoms with Crippen LogP contribution < -0.4 is 0 Å². The summed E-state index contributed by atoms with van der Waals surface area (Å²) in [6, 6.07) is 0. The summed E-state index contributed by atoms with van der Waals surface area (Å²) in [6.07, 6.45) is 8.74. The predicted octanol–water partition coefficient (Wildman–Crippen LogP) is 1.58. The van der Waals surface area contributed by atoms with Crippen LogP contribution in [-0.2, 0) is 23.5 Å². The van der Waals surface area contributed by atoms with Gasteiger partial charge >= 0.3 is 0 Å². The summed E-state index contributed by atoms with van der Waals surface area (Å²) in [4.78, 5) is 4.33. The summed E-state index contributed by atoms with van der Waals surface area (Å²) in [5, 5.41) is 0. The van der Waals surface area contributed by atoms with Gasteiger partial charge < -0.3 is 4.57 Å². The molecule has 1 aromatic heterocycles. The summed E-state index contributed by atoms with van der Waals surface area (Å²) in [5.41, 5.74) is 0. The van der Waals surface area contributed by atoms with E-state index in [0.29, 0.717) is 25.4 Å². The zero-order valence-electron chi connectivity index (χ0n) is 12.0. The molecule has 0 radical (unpaired) electrons. The molecule has 2 rings (SSSR count). The van der Waals surface area contributed by atoms with Crippen LogP contribution in [0.4, 0.5) is 0 Å². The van der Waals surface area contributed by atoms with Crippen molar-refractivity contribution in [2.45, 2.75) is 25.7 Å². The third-order valence-electron chi connectivity index (χ3n) is 3.85. The van der Waals surface area contributed by atoms with Crippen molar-refractivity contribution < 1.29 is 8.42 Å². The van der Waals surface area contributed by atoms with E-state index in [1.807, 2.05) is 17.8 Å². The van der Waals surface area contributed by atoms with Gasteiger partial charge in [-0.15, -0.1) is 6.58 Å². The highest BCUT2D eigenvalue weighted by atomic mass is 32.2. The second-order valence-corrected chi connectivity index (χ2v) is 7.51. The molecule has 5 nitrogen and oxygen atoms in total. The fraction of sp³-hybridized carbons (Fsp3) is 0.643. The van der Waals surface area contributed by atoms with Crippen molar-refractivity contribution >= 4 is 10.0 Å². The van der Waals surface area contributed by atoms with Crippen molar-refractivity contribution in [2.75, 3.05) is 18.8 Å². The van der Waals surface area contributed by atoms with Gasteiger partial charge in [-0.05, 0) is 25.2 Å². The first-order valence-corrected chi connectivity index (χ1v) is 8.69. The Morgan fingerprint density at radius 3 is 3.00 bits per heavy atom. The first-order chi connectivity index (χ1) is 9.53. The molecule has 1 unspecified atom stereocenters. The number of nitrogens with zero attached hydrogens (tertiary/aromatic N) is 3. The summed E-state index contributed by atoms with van der Waals surface area (Å²) in [7, 11) is -1.16. The molecule has 0 spiro atoms. The highest BCUT2D eigenvalue weighted by molar-refractivity contribution is 7.89. The Balaban J connectivity index is 1.98. The van der Waals surface area contributed by atoms with E-state index in [1.165, 1.54) is 0 Å². The first kappa shape index (κ1) is 15.3. The average molecular weight is 297 g/mol. The monoisotopic (exact) mass is 297 g/mol. The molecule has 1 atom stereocenters. The van der Waals surface area contributed by atoms with Gasteiger partial charge in [0, 0.05) is 39.0 Å². The summed E-state index contributed by atoms with van der Waals surface area (Å²) in [5.74, 6) is 1.56. The number of sulfonamides is 1. The van der Waals surface area contributed by atoms with E-state index in [4.69, 9.17) is 0 Å². The van der Waals surface area contributed by atoms with E-state index in [1.54, 1.807) is 16.6 Å². The van der Waals surface area contributed by atoms with Crippen LogP contribution in [0.1, 0.15) is 25.1 Å². The third-order valence-corrected chi connectivity index (χ3v) is 5.72. The molecule has 20 heavy (non-hydrogen) atoms. The van der Waals surface area contributed by atoms with E-state index in [0.717, 1.165) is 25.1 Å². The van der Waals surface area contributed by atoms with Gasteiger partial charge in [-0.2, -0.15) is 0 Å². The molecule has 2 heterocycles. The van der Waals surface area contributed by atoms with E-state index < -0.39 is 10.0 Å². The molecule has 0 aliphatic carbocycles. The van der Waals surface area contributed by atoms with Crippen molar-refractivity contribution in [3.8, 4) is 0 Å². The van der Waals surface area contributed by atoms with Crippen LogP contribution in [0, 0.1) is 5.92 Å². The molecule has 1 aliphatic heterocycles. The quantitative estimate of drug-likeness (QED) is 0.749. The number of rotatable bonds is 6. The van der Waals surface area contributed by atoms with Crippen LogP contribution >= 0.6 is 0 Å². The Hall–Kier alpha value is -1.14. The van der Waals surface area contributed by atoms with Crippen molar-refractivity contribution in [2.24, 2.45) is 13.0 Å². The van der Waals surface area contributed by atoms with Gasteiger partial charge in [-0.3, -0.25) is 0 Å². The van der Waals surface area contributed by atoms with Crippen molar-refractivity contribution in [1.29, 1.82) is 0 Å². The highest BCUT2D eigenvalue weighted by Gasteiger charge is 2.28. The molecule has 6 heteroatoms. The minimum atomic E-state index is -3.13. The fourth-order valence-electron chi connectivity index (χ4n) is 2.66. The Kier molecular flexibility index (Phi) is 4.99. The Labute approximate surface area is 121 Å². The van der Waals surface area contributed by atoms with Gasteiger partial charge in [0.15, 0.2) is 0 Å². The Morgan fingerprint density at radius 2 is 2.35 bits per heavy atom. The minimum Gasteiger partial charge on any atom is -0.338 e. The summed E-state index contributed by atoms with van der Waals surface area (Å²) < 4.78 is 28.1.